The summed E-state index contributed by atoms with van der Waals surface area (Å²) in [6, 6.07) is 2.75. The van der Waals surface area contributed by atoms with Crippen molar-refractivity contribution >= 4 is 23.4 Å². The number of hydrogen-bond acceptors (Lipinski definition) is 6. The largest absolute Gasteiger partial charge is 0.475 e. The Balaban J connectivity index is 2.39. The van der Waals surface area contributed by atoms with Gasteiger partial charge in [-0.3, -0.25) is 14.8 Å². The lowest BCUT2D eigenvalue weighted by Gasteiger charge is -1.98. The Kier molecular flexibility index (Phi) is 3.79. The lowest BCUT2D eigenvalue weighted by molar-refractivity contribution is -0.388. The lowest BCUT2D eigenvalue weighted by atomic mass is 10.3. The average molecular weight is 297 g/mol. The minimum Gasteiger partial charge on any atom is -0.475 e. The van der Waals surface area contributed by atoms with Crippen molar-refractivity contribution in [3.8, 4) is 0 Å². The van der Waals surface area contributed by atoms with Gasteiger partial charge in [-0.1, -0.05) is 6.92 Å². The summed E-state index contributed by atoms with van der Waals surface area (Å²) < 4.78 is 6.47. The van der Waals surface area contributed by atoms with Crippen LogP contribution >= 0.6 is 11.8 Å². The summed E-state index contributed by atoms with van der Waals surface area (Å²) in [4.78, 5) is 21.4. The van der Waals surface area contributed by atoms with Crippen molar-refractivity contribution < 1.29 is 19.2 Å². The van der Waals surface area contributed by atoms with Gasteiger partial charge in [0.2, 0.25) is 5.76 Å². The van der Waals surface area contributed by atoms with Gasteiger partial charge in [-0.25, -0.2) is 4.79 Å². The second-order valence-electron chi connectivity index (χ2n) is 3.86. The van der Waals surface area contributed by atoms with Crippen LogP contribution in [0.5, 0.6) is 0 Å². The Morgan fingerprint density at radius 1 is 1.60 bits per heavy atom. The molecular weight excluding hydrogens is 286 g/mol. The Morgan fingerprint density at radius 2 is 2.30 bits per heavy atom. The molecule has 20 heavy (non-hydrogen) atoms. The van der Waals surface area contributed by atoms with Crippen molar-refractivity contribution in [1.82, 2.24) is 9.78 Å². The molecule has 106 valence electrons. The summed E-state index contributed by atoms with van der Waals surface area (Å²) in [5.41, 5.74) is 0.304. The average Bonchev–Trinajstić information content (AvgIpc) is 2.95. The Morgan fingerprint density at radius 3 is 2.80 bits per heavy atom. The predicted molar refractivity (Wildman–Crippen MR) is 69.0 cm³/mol. The van der Waals surface area contributed by atoms with E-state index >= 15 is 0 Å². The van der Waals surface area contributed by atoms with E-state index in [-0.39, 0.29) is 16.5 Å². The molecule has 0 spiro atoms. The van der Waals surface area contributed by atoms with Crippen LogP contribution in [0.2, 0.25) is 0 Å². The van der Waals surface area contributed by atoms with E-state index in [1.165, 1.54) is 16.8 Å². The zero-order chi connectivity index (χ0) is 14.9. The molecule has 0 aliphatic carbocycles. The van der Waals surface area contributed by atoms with E-state index in [9.17, 15) is 14.9 Å². The molecule has 0 aliphatic heterocycles. The molecule has 8 nitrogen and oxygen atoms in total. The highest BCUT2D eigenvalue weighted by molar-refractivity contribution is 7.99. The molecule has 9 heteroatoms. The van der Waals surface area contributed by atoms with Gasteiger partial charge in [0.15, 0.2) is 10.1 Å². The van der Waals surface area contributed by atoms with Crippen LogP contribution in [0, 0.1) is 10.1 Å². The van der Waals surface area contributed by atoms with Crippen molar-refractivity contribution in [3.63, 3.8) is 0 Å². The molecule has 0 amide bonds. The minimum absolute atomic E-state index is 0.0757. The topological polar surface area (TPSA) is 111 Å². The highest BCUT2D eigenvalue weighted by Gasteiger charge is 2.27. The maximum Gasteiger partial charge on any atom is 0.371 e. The molecule has 0 saturated carbocycles. The first kappa shape index (κ1) is 14.1. The second-order valence-corrected chi connectivity index (χ2v) is 4.85. The third-order valence-corrected chi connectivity index (χ3v) is 3.62. The third-order valence-electron chi connectivity index (χ3n) is 2.55. The summed E-state index contributed by atoms with van der Waals surface area (Å²) in [6.07, 6.45) is 0.434. The van der Waals surface area contributed by atoms with Gasteiger partial charge in [-0.05, 0) is 30.3 Å². The molecule has 0 fully saturated rings. The monoisotopic (exact) mass is 297 g/mol. The summed E-state index contributed by atoms with van der Waals surface area (Å²) >= 11 is 0.972. The van der Waals surface area contributed by atoms with Crippen LogP contribution in [-0.2, 0) is 13.5 Å². The van der Waals surface area contributed by atoms with E-state index in [0.717, 1.165) is 11.8 Å². The summed E-state index contributed by atoms with van der Waals surface area (Å²) in [5, 5.41) is 24.6. The third kappa shape index (κ3) is 2.52. The molecule has 0 aromatic carbocycles. The Hall–Kier alpha value is -2.29. The molecule has 2 aromatic heterocycles. The maximum absolute atomic E-state index is 11.1. The van der Waals surface area contributed by atoms with Crippen LogP contribution in [0.4, 0.5) is 5.69 Å². The van der Waals surface area contributed by atoms with Gasteiger partial charge in [0.1, 0.15) is 5.69 Å². The molecule has 0 bridgehead atoms. The number of aromatic nitrogens is 2. The fourth-order valence-electron chi connectivity index (χ4n) is 1.67. The van der Waals surface area contributed by atoms with Gasteiger partial charge in [0.05, 0.1) is 4.92 Å². The molecule has 0 unspecified atom stereocenters. The molecule has 2 rings (SSSR count). The number of carboxylic acids is 1. The molecule has 0 aliphatic rings. The van der Waals surface area contributed by atoms with Gasteiger partial charge in [0, 0.05) is 7.05 Å². The highest BCUT2D eigenvalue weighted by Crippen LogP contribution is 2.37. The second kappa shape index (κ2) is 5.37. The molecule has 1 N–H and O–H groups in total. The number of hydrogen-bond donors (Lipinski definition) is 1. The minimum atomic E-state index is -1.19. The smallest absolute Gasteiger partial charge is 0.371 e. The van der Waals surface area contributed by atoms with Crippen molar-refractivity contribution in [2.75, 3.05) is 0 Å². The van der Waals surface area contributed by atoms with E-state index in [4.69, 9.17) is 9.52 Å². The first-order valence-electron chi connectivity index (χ1n) is 5.65. The van der Waals surface area contributed by atoms with E-state index in [1.807, 2.05) is 0 Å². The van der Waals surface area contributed by atoms with Crippen LogP contribution in [-0.4, -0.2) is 25.8 Å². The van der Waals surface area contributed by atoms with Crippen molar-refractivity contribution in [1.29, 1.82) is 0 Å². The predicted octanol–water partition coefficient (Wildman–Crippen LogP) is 2.33. The van der Waals surface area contributed by atoms with Gasteiger partial charge < -0.3 is 9.52 Å². The standard InChI is InChI=1S/C11H11N3O5S/c1-3-6-9(14(17)18)10(13(2)12-6)20-8-5-4-7(19-8)11(15)16/h4-5H,3H2,1-2H3,(H,15,16). The summed E-state index contributed by atoms with van der Waals surface area (Å²) in [5.74, 6) is -1.40. The quantitative estimate of drug-likeness (QED) is 0.665. The highest BCUT2D eigenvalue weighted by atomic mass is 32.2. The van der Waals surface area contributed by atoms with Gasteiger partial charge >= 0.3 is 11.7 Å². The molecule has 2 heterocycles. The normalized spacial score (nSPS) is 10.7. The molecule has 2 aromatic rings. The van der Waals surface area contributed by atoms with Crippen molar-refractivity contribution in [2.24, 2.45) is 7.05 Å². The number of aromatic carboxylic acids is 1. The Labute approximate surface area is 117 Å². The van der Waals surface area contributed by atoms with E-state index in [2.05, 4.69) is 5.10 Å². The maximum atomic E-state index is 11.1. The fourth-order valence-corrected chi connectivity index (χ4v) is 2.59. The molecular formula is C11H11N3O5S. The molecule has 0 radical (unpaired) electrons. The number of nitro groups is 1. The van der Waals surface area contributed by atoms with Crippen LogP contribution in [0.1, 0.15) is 23.2 Å². The Bertz CT molecular complexity index is 676. The van der Waals surface area contributed by atoms with Crippen LogP contribution in [0.3, 0.4) is 0 Å². The number of carbonyl (C=O) groups is 1. The first-order chi connectivity index (χ1) is 9.43. The van der Waals surface area contributed by atoms with Crippen LogP contribution < -0.4 is 0 Å². The van der Waals surface area contributed by atoms with Crippen LogP contribution in [0.25, 0.3) is 0 Å². The number of furan rings is 1. The van der Waals surface area contributed by atoms with E-state index < -0.39 is 10.9 Å². The van der Waals surface area contributed by atoms with Crippen molar-refractivity contribution in [2.45, 2.75) is 23.5 Å². The van der Waals surface area contributed by atoms with Gasteiger partial charge in [-0.2, -0.15) is 5.10 Å². The van der Waals surface area contributed by atoms with E-state index in [1.54, 1.807) is 14.0 Å². The first-order valence-corrected chi connectivity index (χ1v) is 6.47. The zero-order valence-corrected chi connectivity index (χ0v) is 11.5. The number of aryl methyl sites for hydroxylation is 2. The molecule has 0 atom stereocenters. The van der Waals surface area contributed by atoms with Gasteiger partial charge in [0.25, 0.3) is 0 Å². The zero-order valence-electron chi connectivity index (χ0n) is 10.7. The van der Waals surface area contributed by atoms with Crippen molar-refractivity contribution in [3.05, 3.63) is 33.7 Å². The number of nitrogens with zero attached hydrogens (tertiary/aromatic N) is 3. The van der Waals surface area contributed by atoms with E-state index in [0.29, 0.717) is 17.1 Å². The summed E-state index contributed by atoms with van der Waals surface area (Å²) in [6.45, 7) is 1.78. The number of rotatable bonds is 5. The van der Waals surface area contributed by atoms with Gasteiger partial charge in [-0.15, -0.1) is 0 Å². The van der Waals surface area contributed by atoms with Crippen LogP contribution in [0.15, 0.2) is 26.7 Å². The molecule has 0 saturated heterocycles. The fraction of sp³-hybridized carbons (Fsp3) is 0.273. The lowest BCUT2D eigenvalue weighted by Crippen LogP contribution is -1.94. The number of carboxylic acid groups (broad SMARTS) is 1. The SMILES string of the molecule is CCc1nn(C)c(Sc2ccc(C(=O)O)o2)c1[N+](=O)[O-]. The summed E-state index contributed by atoms with van der Waals surface area (Å²) in [7, 11) is 1.59.